The molecule has 0 amide bonds. The molecule has 1 fully saturated rings. The van der Waals surface area contributed by atoms with Crippen molar-refractivity contribution in [2.24, 2.45) is 5.92 Å². The van der Waals surface area contributed by atoms with Crippen molar-refractivity contribution in [3.05, 3.63) is 35.9 Å². The van der Waals surface area contributed by atoms with Crippen molar-refractivity contribution < 1.29 is 9.53 Å². The second-order valence-corrected chi connectivity index (χ2v) is 4.16. The zero-order valence-corrected chi connectivity index (χ0v) is 10.7. The van der Waals surface area contributed by atoms with E-state index in [1.54, 1.807) is 0 Å². The fourth-order valence-electron chi connectivity index (χ4n) is 2.24. The fraction of sp³-hybridized carbons (Fsp3) is 0.462. The molecule has 0 spiro atoms. The molecule has 0 aromatic heterocycles. The van der Waals surface area contributed by atoms with E-state index >= 15 is 0 Å². The van der Waals surface area contributed by atoms with Gasteiger partial charge in [0.15, 0.2) is 0 Å². The van der Waals surface area contributed by atoms with Gasteiger partial charge in [-0.1, -0.05) is 30.3 Å². The lowest BCUT2D eigenvalue weighted by Gasteiger charge is -2.29. The lowest BCUT2D eigenvalue weighted by atomic mass is 9.89. The standard InChI is InChI=1S/C13H17NO2.ClH/c1-16-13(15)11-7-8-14-12(9-11)10-5-3-2-4-6-10;/h2-6,11-12,14H,7-9H2,1H3;1H. The molecule has 3 nitrogen and oxygen atoms in total. The minimum Gasteiger partial charge on any atom is -0.469 e. The van der Waals surface area contributed by atoms with Gasteiger partial charge in [0.1, 0.15) is 0 Å². The normalized spacial score (nSPS) is 23.6. The molecule has 0 saturated carbocycles. The number of hydrogen-bond acceptors (Lipinski definition) is 3. The van der Waals surface area contributed by atoms with Gasteiger partial charge in [0.05, 0.1) is 13.0 Å². The Hall–Kier alpha value is -1.06. The average Bonchev–Trinajstić information content (AvgIpc) is 2.39. The monoisotopic (exact) mass is 255 g/mol. The smallest absolute Gasteiger partial charge is 0.308 e. The van der Waals surface area contributed by atoms with Gasteiger partial charge in [0.2, 0.25) is 0 Å². The number of halogens is 1. The molecule has 1 N–H and O–H groups in total. The van der Waals surface area contributed by atoms with Crippen LogP contribution in [0.25, 0.3) is 0 Å². The van der Waals surface area contributed by atoms with Gasteiger partial charge >= 0.3 is 5.97 Å². The van der Waals surface area contributed by atoms with Crippen LogP contribution < -0.4 is 5.32 Å². The topological polar surface area (TPSA) is 38.3 Å². The first kappa shape index (κ1) is 14.0. The van der Waals surface area contributed by atoms with Crippen LogP contribution in [0, 0.1) is 5.92 Å². The van der Waals surface area contributed by atoms with E-state index in [0.717, 1.165) is 19.4 Å². The molecule has 1 aromatic carbocycles. The molecule has 17 heavy (non-hydrogen) atoms. The third kappa shape index (κ3) is 3.45. The highest BCUT2D eigenvalue weighted by molar-refractivity contribution is 5.85. The van der Waals surface area contributed by atoms with Crippen LogP contribution in [-0.2, 0) is 9.53 Å². The molecule has 2 unspecified atom stereocenters. The minimum atomic E-state index is -0.0811. The summed E-state index contributed by atoms with van der Waals surface area (Å²) in [7, 11) is 1.46. The highest BCUT2D eigenvalue weighted by atomic mass is 35.5. The van der Waals surface area contributed by atoms with Crippen LogP contribution in [0.2, 0.25) is 0 Å². The SMILES string of the molecule is COC(=O)C1CCNC(c2ccccc2)C1.Cl. The molecular formula is C13H18ClNO2. The predicted octanol–water partition coefficient (Wildman–Crippen LogP) is 2.32. The molecule has 1 aliphatic heterocycles. The number of carbonyl (C=O) groups excluding carboxylic acids is 1. The van der Waals surface area contributed by atoms with E-state index in [1.165, 1.54) is 12.7 Å². The maximum atomic E-state index is 11.5. The summed E-state index contributed by atoms with van der Waals surface area (Å²) in [5.41, 5.74) is 1.25. The molecule has 0 bridgehead atoms. The second-order valence-electron chi connectivity index (χ2n) is 4.16. The Morgan fingerprint density at radius 3 is 2.71 bits per heavy atom. The Kier molecular flexibility index (Phi) is 5.45. The number of carbonyl (C=O) groups is 1. The molecule has 1 heterocycles. The Bertz CT molecular complexity index is 356. The van der Waals surface area contributed by atoms with Crippen LogP contribution in [0.3, 0.4) is 0 Å². The van der Waals surface area contributed by atoms with Crippen LogP contribution in [0.15, 0.2) is 30.3 Å². The van der Waals surface area contributed by atoms with Crippen LogP contribution in [0.5, 0.6) is 0 Å². The highest BCUT2D eigenvalue weighted by Gasteiger charge is 2.28. The number of methoxy groups -OCH3 is 1. The summed E-state index contributed by atoms with van der Waals surface area (Å²) in [4.78, 5) is 11.5. The first-order valence-electron chi connectivity index (χ1n) is 5.67. The molecule has 0 aliphatic carbocycles. The predicted molar refractivity (Wildman–Crippen MR) is 69.2 cm³/mol. The summed E-state index contributed by atoms with van der Waals surface area (Å²) in [6.45, 7) is 0.874. The van der Waals surface area contributed by atoms with Crippen LogP contribution >= 0.6 is 12.4 Å². The van der Waals surface area contributed by atoms with E-state index < -0.39 is 0 Å². The van der Waals surface area contributed by atoms with E-state index in [0.29, 0.717) is 0 Å². The zero-order valence-electron chi connectivity index (χ0n) is 9.89. The molecular weight excluding hydrogens is 238 g/mol. The molecule has 1 aliphatic rings. The minimum absolute atomic E-state index is 0. The number of benzene rings is 1. The summed E-state index contributed by atoms with van der Waals surface area (Å²) in [6.07, 6.45) is 1.70. The maximum Gasteiger partial charge on any atom is 0.308 e. The van der Waals surface area contributed by atoms with Gasteiger partial charge < -0.3 is 10.1 Å². The Morgan fingerprint density at radius 1 is 1.35 bits per heavy atom. The van der Waals surface area contributed by atoms with Crippen LogP contribution in [0.1, 0.15) is 24.4 Å². The van der Waals surface area contributed by atoms with Gasteiger partial charge in [-0.05, 0) is 24.9 Å². The largest absolute Gasteiger partial charge is 0.469 e. The van der Waals surface area contributed by atoms with Crippen molar-refractivity contribution in [2.45, 2.75) is 18.9 Å². The summed E-state index contributed by atoms with van der Waals surface area (Å²) in [6, 6.07) is 10.5. The van der Waals surface area contributed by atoms with Crippen LogP contribution in [0.4, 0.5) is 0 Å². The average molecular weight is 256 g/mol. The zero-order chi connectivity index (χ0) is 11.4. The van der Waals surface area contributed by atoms with Gasteiger partial charge in [0, 0.05) is 6.04 Å². The first-order chi connectivity index (χ1) is 7.81. The van der Waals surface area contributed by atoms with Crippen molar-refractivity contribution in [3.8, 4) is 0 Å². The Morgan fingerprint density at radius 2 is 2.06 bits per heavy atom. The second kappa shape index (κ2) is 6.62. The van der Waals surface area contributed by atoms with E-state index in [-0.39, 0.29) is 30.3 Å². The molecule has 2 rings (SSSR count). The summed E-state index contributed by atoms with van der Waals surface area (Å²) in [5.74, 6) is -0.0427. The van der Waals surface area contributed by atoms with Crippen molar-refractivity contribution in [1.82, 2.24) is 5.32 Å². The number of piperidine rings is 1. The number of esters is 1. The number of rotatable bonds is 2. The van der Waals surface area contributed by atoms with E-state index in [1.807, 2.05) is 18.2 Å². The van der Waals surface area contributed by atoms with Crippen molar-refractivity contribution >= 4 is 18.4 Å². The number of ether oxygens (including phenoxy) is 1. The van der Waals surface area contributed by atoms with Gasteiger partial charge in [-0.25, -0.2) is 0 Å². The summed E-state index contributed by atoms with van der Waals surface area (Å²) < 4.78 is 4.81. The Balaban J connectivity index is 0.00000144. The van der Waals surface area contributed by atoms with Gasteiger partial charge in [0.25, 0.3) is 0 Å². The van der Waals surface area contributed by atoms with Crippen molar-refractivity contribution in [2.75, 3.05) is 13.7 Å². The molecule has 2 atom stereocenters. The molecule has 4 heteroatoms. The van der Waals surface area contributed by atoms with Gasteiger partial charge in [-0.15, -0.1) is 12.4 Å². The molecule has 1 aromatic rings. The van der Waals surface area contributed by atoms with Gasteiger partial charge in [-0.3, -0.25) is 4.79 Å². The summed E-state index contributed by atoms with van der Waals surface area (Å²) in [5, 5.41) is 3.44. The lowest BCUT2D eigenvalue weighted by molar-refractivity contribution is -0.146. The fourth-order valence-corrected chi connectivity index (χ4v) is 2.24. The lowest BCUT2D eigenvalue weighted by Crippen LogP contribution is -2.35. The van der Waals surface area contributed by atoms with Crippen molar-refractivity contribution in [3.63, 3.8) is 0 Å². The number of hydrogen-bond donors (Lipinski definition) is 1. The molecule has 94 valence electrons. The quantitative estimate of drug-likeness (QED) is 0.825. The molecule has 1 saturated heterocycles. The third-order valence-electron chi connectivity index (χ3n) is 3.14. The Labute approximate surface area is 108 Å². The first-order valence-corrected chi connectivity index (χ1v) is 5.67. The van der Waals surface area contributed by atoms with E-state index in [2.05, 4.69) is 17.4 Å². The van der Waals surface area contributed by atoms with E-state index in [9.17, 15) is 4.79 Å². The van der Waals surface area contributed by atoms with E-state index in [4.69, 9.17) is 4.74 Å². The summed E-state index contributed by atoms with van der Waals surface area (Å²) >= 11 is 0. The maximum absolute atomic E-state index is 11.5. The highest BCUT2D eigenvalue weighted by Crippen LogP contribution is 2.27. The van der Waals surface area contributed by atoms with Gasteiger partial charge in [-0.2, -0.15) is 0 Å². The number of nitrogens with one attached hydrogen (secondary N) is 1. The molecule has 0 radical (unpaired) electrons. The van der Waals surface area contributed by atoms with Crippen LogP contribution in [-0.4, -0.2) is 19.6 Å². The third-order valence-corrected chi connectivity index (χ3v) is 3.14. The van der Waals surface area contributed by atoms with Crippen molar-refractivity contribution in [1.29, 1.82) is 0 Å².